The van der Waals surface area contributed by atoms with Crippen LogP contribution >= 0.6 is 11.3 Å². The number of aryl methyl sites for hydroxylation is 1. The van der Waals surface area contributed by atoms with Crippen LogP contribution in [0.5, 0.6) is 0 Å². The molecule has 0 atom stereocenters. The third kappa shape index (κ3) is 3.18. The first-order chi connectivity index (χ1) is 8.50. The SMILES string of the molecule is Cc1ccc(-c2csc(CC(C)(C)CN)n2)cc1. The zero-order chi connectivity index (χ0) is 13.2. The van der Waals surface area contributed by atoms with E-state index >= 15 is 0 Å². The van der Waals surface area contributed by atoms with Crippen LogP contribution in [0.1, 0.15) is 24.4 Å². The lowest BCUT2D eigenvalue weighted by molar-refractivity contribution is 0.376. The molecule has 0 aliphatic heterocycles. The highest BCUT2D eigenvalue weighted by molar-refractivity contribution is 7.09. The molecule has 96 valence electrons. The number of thiazole rings is 1. The maximum Gasteiger partial charge on any atom is 0.0938 e. The van der Waals surface area contributed by atoms with Gasteiger partial charge in [0.15, 0.2) is 0 Å². The van der Waals surface area contributed by atoms with Gasteiger partial charge in [-0.15, -0.1) is 11.3 Å². The van der Waals surface area contributed by atoms with Gasteiger partial charge in [0, 0.05) is 17.4 Å². The summed E-state index contributed by atoms with van der Waals surface area (Å²) < 4.78 is 0. The van der Waals surface area contributed by atoms with Crippen LogP contribution in [0.4, 0.5) is 0 Å². The summed E-state index contributed by atoms with van der Waals surface area (Å²) in [7, 11) is 0. The predicted octanol–water partition coefficient (Wildman–Crippen LogP) is 3.65. The Kier molecular flexibility index (Phi) is 3.83. The molecule has 2 N–H and O–H groups in total. The van der Waals surface area contributed by atoms with Crippen LogP contribution in [0.25, 0.3) is 11.3 Å². The lowest BCUT2D eigenvalue weighted by atomic mass is 9.90. The van der Waals surface area contributed by atoms with Crippen molar-refractivity contribution in [1.29, 1.82) is 0 Å². The minimum absolute atomic E-state index is 0.127. The molecule has 0 saturated carbocycles. The normalized spacial score (nSPS) is 11.8. The first-order valence-electron chi connectivity index (χ1n) is 6.22. The molecule has 0 saturated heterocycles. The molecular weight excluding hydrogens is 240 g/mol. The van der Waals surface area contributed by atoms with Crippen LogP contribution in [-0.2, 0) is 6.42 Å². The summed E-state index contributed by atoms with van der Waals surface area (Å²) >= 11 is 1.72. The molecule has 0 amide bonds. The van der Waals surface area contributed by atoms with Gasteiger partial charge >= 0.3 is 0 Å². The molecule has 0 radical (unpaired) electrons. The fourth-order valence-electron chi connectivity index (χ4n) is 1.73. The lowest BCUT2D eigenvalue weighted by Crippen LogP contribution is -2.25. The largest absolute Gasteiger partial charge is 0.330 e. The maximum absolute atomic E-state index is 5.77. The molecule has 18 heavy (non-hydrogen) atoms. The third-order valence-corrected chi connectivity index (χ3v) is 3.93. The standard InChI is InChI=1S/C15H20N2S/c1-11-4-6-12(7-5-11)13-9-18-14(17-13)8-15(2,3)10-16/h4-7,9H,8,10,16H2,1-3H3. The molecule has 2 nitrogen and oxygen atoms in total. The van der Waals surface area contributed by atoms with E-state index in [4.69, 9.17) is 10.7 Å². The fourth-order valence-corrected chi connectivity index (χ4v) is 2.79. The first kappa shape index (κ1) is 13.2. The van der Waals surface area contributed by atoms with Gasteiger partial charge in [0.05, 0.1) is 10.7 Å². The van der Waals surface area contributed by atoms with Gasteiger partial charge in [0.25, 0.3) is 0 Å². The minimum Gasteiger partial charge on any atom is -0.330 e. The Morgan fingerprint density at radius 1 is 1.22 bits per heavy atom. The van der Waals surface area contributed by atoms with E-state index in [-0.39, 0.29) is 5.41 Å². The number of nitrogens with zero attached hydrogens (tertiary/aromatic N) is 1. The number of benzene rings is 1. The van der Waals surface area contributed by atoms with E-state index in [0.717, 1.165) is 12.1 Å². The number of nitrogens with two attached hydrogens (primary N) is 1. The van der Waals surface area contributed by atoms with Crippen molar-refractivity contribution < 1.29 is 0 Å². The molecule has 0 spiro atoms. The zero-order valence-electron chi connectivity index (χ0n) is 11.2. The van der Waals surface area contributed by atoms with Crippen LogP contribution in [-0.4, -0.2) is 11.5 Å². The highest BCUT2D eigenvalue weighted by atomic mass is 32.1. The van der Waals surface area contributed by atoms with Gasteiger partial charge in [-0.05, 0) is 18.9 Å². The third-order valence-electron chi connectivity index (χ3n) is 3.08. The summed E-state index contributed by atoms with van der Waals surface area (Å²) in [5.74, 6) is 0. The summed E-state index contributed by atoms with van der Waals surface area (Å²) in [6.45, 7) is 7.15. The summed E-state index contributed by atoms with van der Waals surface area (Å²) in [5, 5.41) is 3.30. The Hall–Kier alpha value is -1.19. The molecule has 1 aromatic carbocycles. The molecule has 0 fully saturated rings. The molecule has 1 aromatic heterocycles. The molecule has 0 bridgehead atoms. The smallest absolute Gasteiger partial charge is 0.0938 e. The quantitative estimate of drug-likeness (QED) is 0.911. The number of aromatic nitrogens is 1. The topological polar surface area (TPSA) is 38.9 Å². The highest BCUT2D eigenvalue weighted by Gasteiger charge is 2.18. The monoisotopic (exact) mass is 260 g/mol. The lowest BCUT2D eigenvalue weighted by Gasteiger charge is -2.20. The fraction of sp³-hybridized carbons (Fsp3) is 0.400. The Morgan fingerprint density at radius 3 is 2.50 bits per heavy atom. The average molecular weight is 260 g/mol. The van der Waals surface area contributed by atoms with Crippen molar-refractivity contribution in [3.63, 3.8) is 0 Å². The second-order valence-corrected chi connectivity index (χ2v) is 6.48. The summed E-state index contributed by atoms with van der Waals surface area (Å²) in [5.41, 5.74) is 9.43. The van der Waals surface area contributed by atoms with Gasteiger partial charge in [0.2, 0.25) is 0 Å². The van der Waals surface area contributed by atoms with E-state index < -0.39 is 0 Å². The maximum atomic E-state index is 5.77. The van der Waals surface area contributed by atoms with Gasteiger partial charge in [-0.2, -0.15) is 0 Å². The molecule has 1 heterocycles. The van der Waals surface area contributed by atoms with Crippen LogP contribution in [0, 0.1) is 12.3 Å². The van der Waals surface area contributed by atoms with Crippen molar-refractivity contribution in [3.05, 3.63) is 40.2 Å². The van der Waals surface area contributed by atoms with Gasteiger partial charge in [-0.25, -0.2) is 4.98 Å². The number of hydrogen-bond donors (Lipinski definition) is 1. The second kappa shape index (κ2) is 5.21. The highest BCUT2D eigenvalue weighted by Crippen LogP contribution is 2.27. The van der Waals surface area contributed by atoms with Gasteiger partial charge < -0.3 is 5.73 Å². The Bertz CT molecular complexity index is 512. The van der Waals surface area contributed by atoms with Crippen molar-refractivity contribution in [2.75, 3.05) is 6.54 Å². The van der Waals surface area contributed by atoms with Crippen LogP contribution in [0.3, 0.4) is 0 Å². The molecule has 2 aromatic rings. The molecule has 2 rings (SSSR count). The molecule has 3 heteroatoms. The minimum atomic E-state index is 0.127. The first-order valence-corrected chi connectivity index (χ1v) is 7.10. The zero-order valence-corrected chi connectivity index (χ0v) is 12.1. The van der Waals surface area contributed by atoms with Crippen molar-refractivity contribution in [2.45, 2.75) is 27.2 Å². The number of rotatable bonds is 4. The van der Waals surface area contributed by atoms with Crippen molar-refractivity contribution >= 4 is 11.3 Å². The predicted molar refractivity (Wildman–Crippen MR) is 78.8 cm³/mol. The number of hydrogen-bond acceptors (Lipinski definition) is 3. The Balaban J connectivity index is 2.18. The van der Waals surface area contributed by atoms with E-state index in [0.29, 0.717) is 6.54 Å². The summed E-state index contributed by atoms with van der Waals surface area (Å²) in [6.07, 6.45) is 0.944. The summed E-state index contributed by atoms with van der Waals surface area (Å²) in [6, 6.07) is 8.50. The van der Waals surface area contributed by atoms with E-state index in [1.54, 1.807) is 11.3 Å². The van der Waals surface area contributed by atoms with Crippen LogP contribution in [0.15, 0.2) is 29.6 Å². The van der Waals surface area contributed by atoms with Crippen molar-refractivity contribution in [3.8, 4) is 11.3 Å². The van der Waals surface area contributed by atoms with E-state index in [2.05, 4.69) is 50.4 Å². The van der Waals surface area contributed by atoms with Crippen LogP contribution in [0.2, 0.25) is 0 Å². The molecule has 0 aliphatic carbocycles. The summed E-state index contributed by atoms with van der Waals surface area (Å²) in [4.78, 5) is 4.71. The average Bonchev–Trinajstić information content (AvgIpc) is 2.78. The van der Waals surface area contributed by atoms with Gasteiger partial charge in [-0.1, -0.05) is 43.7 Å². The van der Waals surface area contributed by atoms with Gasteiger partial charge in [0.1, 0.15) is 0 Å². The molecule has 0 unspecified atom stereocenters. The van der Waals surface area contributed by atoms with E-state index in [1.165, 1.54) is 16.1 Å². The van der Waals surface area contributed by atoms with Crippen molar-refractivity contribution in [2.24, 2.45) is 11.1 Å². The van der Waals surface area contributed by atoms with Crippen LogP contribution < -0.4 is 5.73 Å². The van der Waals surface area contributed by atoms with E-state index in [9.17, 15) is 0 Å². The molecular formula is C15H20N2S. The second-order valence-electron chi connectivity index (χ2n) is 5.54. The van der Waals surface area contributed by atoms with Crippen molar-refractivity contribution in [1.82, 2.24) is 4.98 Å². The Morgan fingerprint density at radius 2 is 1.89 bits per heavy atom. The molecule has 0 aliphatic rings. The Labute approximate surface area is 113 Å². The van der Waals surface area contributed by atoms with E-state index in [1.807, 2.05) is 0 Å². The van der Waals surface area contributed by atoms with Gasteiger partial charge in [-0.3, -0.25) is 0 Å².